The first-order valence-electron chi connectivity index (χ1n) is 6.95. The summed E-state index contributed by atoms with van der Waals surface area (Å²) in [5.41, 5.74) is 17.1. The van der Waals surface area contributed by atoms with Crippen LogP contribution in [0.25, 0.3) is 0 Å². The molecule has 18 heteroatoms. The molecule has 0 radical (unpaired) electrons. The number of thioether (sulfide) groups is 2. The van der Waals surface area contributed by atoms with Gasteiger partial charge < -0.3 is 61.1 Å². The zero-order chi connectivity index (χ0) is 17.9. The Balaban J connectivity index is -0.0000000800. The third-order valence-corrected chi connectivity index (χ3v) is 4.81. The molecule has 0 aromatic carbocycles. The summed E-state index contributed by atoms with van der Waals surface area (Å²) in [4.78, 5) is 8.48. The summed E-state index contributed by atoms with van der Waals surface area (Å²) in [6.45, 7) is 5.50. The molecule has 0 bridgehead atoms. The van der Waals surface area contributed by atoms with E-state index < -0.39 is 0 Å². The van der Waals surface area contributed by atoms with E-state index in [-0.39, 0.29) is 114 Å². The molecule has 0 saturated carbocycles. The molecular formula is C12H20Cd2Cl4N8S4. The van der Waals surface area contributed by atoms with Crippen molar-refractivity contribution in [3.63, 3.8) is 0 Å². The van der Waals surface area contributed by atoms with Gasteiger partial charge in [0.2, 0.25) is 0 Å². The van der Waals surface area contributed by atoms with Crippen LogP contribution in [0, 0.1) is 0 Å². The van der Waals surface area contributed by atoms with Gasteiger partial charge >= 0.3 is 54.6 Å². The van der Waals surface area contributed by atoms with E-state index in [0.717, 1.165) is 46.1 Å². The van der Waals surface area contributed by atoms with E-state index in [1.54, 1.807) is 23.5 Å². The molecule has 30 heavy (non-hydrogen) atoms. The van der Waals surface area contributed by atoms with Gasteiger partial charge in [-0.3, -0.25) is 20.8 Å². The number of nitrogens with two attached hydrogens (primary N) is 2. The molecule has 6 N–H and O–H groups in total. The number of nitrogens with zero attached hydrogens (tertiary/aromatic N) is 4. The molecule has 0 amide bonds. The standard InChI is InChI=1S/2C6H10N4S2.2Cd.4ClH/c2*1-4(9-10-6(7)11)5-8-2-3-12-5;;;;;;/h2*2-3H2,1H3,(H3,7,10,11);;;4*1H/q;;2*+2;;;;/p-4/b2*9-4+;;;;;;. The molecule has 0 aliphatic carbocycles. The second-order valence-corrected chi connectivity index (χ2v) is 7.46. The number of hydrogen-bond acceptors (Lipinski definition) is 8. The Morgan fingerprint density at radius 2 is 1.10 bits per heavy atom. The zero-order valence-corrected chi connectivity index (χ0v) is 30.7. The van der Waals surface area contributed by atoms with Crippen molar-refractivity contribution in [1.82, 2.24) is 10.9 Å². The van der Waals surface area contributed by atoms with Crippen LogP contribution in [-0.2, 0) is 54.6 Å². The predicted molar refractivity (Wildman–Crippen MR) is 116 cm³/mol. The fourth-order valence-electron chi connectivity index (χ4n) is 1.48. The summed E-state index contributed by atoms with van der Waals surface area (Å²) in [7, 11) is 0. The Kier molecular flexibility index (Phi) is 40.8. The van der Waals surface area contributed by atoms with Crippen molar-refractivity contribution < 1.29 is 104 Å². The van der Waals surface area contributed by atoms with Gasteiger partial charge in [-0.1, -0.05) is 0 Å². The summed E-state index contributed by atoms with van der Waals surface area (Å²) in [5.74, 6) is 2.07. The number of rotatable bonds is 4. The van der Waals surface area contributed by atoms with Crippen LogP contribution in [-0.4, -0.2) is 56.3 Å². The molecule has 8 nitrogen and oxygen atoms in total. The van der Waals surface area contributed by atoms with Gasteiger partial charge in [0.1, 0.15) is 10.1 Å². The molecule has 0 saturated heterocycles. The van der Waals surface area contributed by atoms with Crippen LogP contribution >= 0.6 is 48.0 Å². The molecule has 0 atom stereocenters. The average molecular weight is 771 g/mol. The van der Waals surface area contributed by atoms with Crippen molar-refractivity contribution in [1.29, 1.82) is 0 Å². The third kappa shape index (κ3) is 21.6. The maximum atomic E-state index is 5.21. The Labute approximate surface area is 261 Å². The van der Waals surface area contributed by atoms with Gasteiger partial charge in [0.25, 0.3) is 0 Å². The van der Waals surface area contributed by atoms with Crippen molar-refractivity contribution in [3.8, 4) is 0 Å². The molecule has 0 fully saturated rings. The number of aliphatic imine (C=N–C) groups is 2. The first-order valence-corrected chi connectivity index (χ1v) is 9.73. The summed E-state index contributed by atoms with van der Waals surface area (Å²) in [6, 6.07) is 0. The first kappa shape index (κ1) is 45.3. The molecule has 2 aliphatic heterocycles. The Bertz CT molecular complexity index is 571. The summed E-state index contributed by atoms with van der Waals surface area (Å²) < 4.78 is 0. The molecule has 0 spiro atoms. The van der Waals surface area contributed by atoms with Crippen LogP contribution in [0.15, 0.2) is 20.2 Å². The number of thiocarbonyl (C=S) groups is 2. The van der Waals surface area contributed by atoms with Gasteiger partial charge in [-0.25, -0.2) is 0 Å². The zero-order valence-electron chi connectivity index (χ0n) is 16.3. The van der Waals surface area contributed by atoms with Crippen LogP contribution in [0.5, 0.6) is 0 Å². The topological polar surface area (TPSA) is 126 Å². The molecule has 2 heterocycles. The van der Waals surface area contributed by atoms with Crippen molar-refractivity contribution in [2.75, 3.05) is 24.6 Å². The van der Waals surface area contributed by atoms with E-state index in [9.17, 15) is 0 Å². The van der Waals surface area contributed by atoms with Gasteiger partial charge in [0, 0.05) is 24.6 Å². The van der Waals surface area contributed by atoms with Gasteiger partial charge in [0.05, 0.1) is 11.4 Å². The van der Waals surface area contributed by atoms with Crippen LogP contribution in [0.1, 0.15) is 13.8 Å². The van der Waals surface area contributed by atoms with E-state index in [4.69, 9.17) is 11.5 Å². The van der Waals surface area contributed by atoms with E-state index in [0.29, 0.717) is 0 Å². The predicted octanol–water partition coefficient (Wildman–Crippen LogP) is -11.3. The van der Waals surface area contributed by atoms with Gasteiger partial charge in [0.15, 0.2) is 10.2 Å². The molecule has 0 aromatic rings. The summed E-state index contributed by atoms with van der Waals surface area (Å²) >= 11 is 12.6. The minimum absolute atomic E-state index is 0. The minimum Gasteiger partial charge on any atom is -1.00 e. The maximum Gasteiger partial charge on any atom is 2.00 e. The monoisotopic (exact) mass is 772 g/mol. The van der Waals surface area contributed by atoms with Gasteiger partial charge in [-0.05, 0) is 38.3 Å². The Hall–Kier alpha value is 1.76. The number of nitrogens with one attached hydrogen (secondary N) is 2. The summed E-state index contributed by atoms with van der Waals surface area (Å²) in [6.07, 6.45) is 0. The average Bonchev–Trinajstić information content (AvgIpc) is 3.23. The Morgan fingerprint density at radius 3 is 1.30 bits per heavy atom. The van der Waals surface area contributed by atoms with E-state index in [2.05, 4.69) is 55.5 Å². The van der Waals surface area contributed by atoms with E-state index in [1.165, 1.54) is 0 Å². The van der Waals surface area contributed by atoms with Crippen LogP contribution < -0.4 is 71.9 Å². The van der Waals surface area contributed by atoms with Crippen molar-refractivity contribution >= 4 is 79.7 Å². The molecule has 2 aliphatic rings. The van der Waals surface area contributed by atoms with Gasteiger partial charge in [-0.15, -0.1) is 23.5 Å². The second kappa shape index (κ2) is 27.0. The minimum atomic E-state index is 0. The fraction of sp³-hybridized carbons (Fsp3) is 0.500. The van der Waals surface area contributed by atoms with Crippen molar-refractivity contribution in [3.05, 3.63) is 0 Å². The van der Waals surface area contributed by atoms with Crippen LogP contribution in [0.4, 0.5) is 0 Å². The SMILES string of the molecule is C/C(=N\NC(N)=S)C1=NCCS1.C/C(=N\NC(N)=S)C1=NCCS1.[Cd+2].[Cd+2].[Cl-].[Cl-].[Cl-].[Cl-]. The number of hydrazone groups is 2. The largest absolute Gasteiger partial charge is 2.00 e. The molecule has 0 aromatic heterocycles. The third-order valence-electron chi connectivity index (χ3n) is 2.46. The normalized spacial score (nSPS) is 13.9. The quantitative estimate of drug-likeness (QED) is 0.0963. The van der Waals surface area contributed by atoms with E-state index in [1.807, 2.05) is 13.8 Å². The maximum absolute atomic E-state index is 5.21. The molecule has 2 rings (SSSR count). The number of hydrogen-bond donors (Lipinski definition) is 4. The first-order chi connectivity index (χ1) is 11.4. The Morgan fingerprint density at radius 1 is 0.800 bits per heavy atom. The number of halogens is 4. The molecular weight excluding hydrogens is 751 g/mol. The van der Waals surface area contributed by atoms with E-state index >= 15 is 0 Å². The van der Waals surface area contributed by atoms with Gasteiger partial charge in [-0.2, -0.15) is 10.2 Å². The van der Waals surface area contributed by atoms with Crippen molar-refractivity contribution in [2.45, 2.75) is 13.8 Å². The second-order valence-electron chi connectivity index (χ2n) is 4.42. The smallest absolute Gasteiger partial charge is 1.00 e. The van der Waals surface area contributed by atoms with Crippen molar-refractivity contribution in [2.24, 2.45) is 31.7 Å². The van der Waals surface area contributed by atoms with Crippen LogP contribution in [0.2, 0.25) is 0 Å². The molecule has 0 unspecified atom stereocenters. The summed E-state index contributed by atoms with van der Waals surface area (Å²) in [5, 5.41) is 10.2. The van der Waals surface area contributed by atoms with Crippen LogP contribution in [0.3, 0.4) is 0 Å². The molecule has 164 valence electrons. The fourth-order valence-corrected chi connectivity index (χ4v) is 3.20.